The molecule has 0 bridgehead atoms. The number of para-hydroxylation sites is 2. The van der Waals surface area contributed by atoms with E-state index < -0.39 is 11.8 Å². The molecule has 4 heterocycles. The average Bonchev–Trinajstić information content (AvgIpc) is 1.70. The van der Waals surface area contributed by atoms with E-state index in [-0.39, 0.29) is 203 Å². The van der Waals surface area contributed by atoms with Gasteiger partial charge in [-0.05, 0) is 163 Å². The molecular formula is C100H136N20O12S2. The molecule has 4 aromatic carbocycles. The predicted octanol–water partition coefficient (Wildman–Crippen LogP) is 7.60. The molecule has 134 heavy (non-hydrogen) atoms. The lowest BCUT2D eigenvalue weighted by atomic mass is 10.0. The lowest BCUT2D eigenvalue weighted by Gasteiger charge is -2.28. The fraction of sp³-hybridized carbons (Fsp3) is 0.450. The molecule has 10 rings (SSSR count). The van der Waals surface area contributed by atoms with Crippen molar-refractivity contribution < 1.29 is 57.5 Å². The third-order valence-corrected chi connectivity index (χ3v) is 24.2. The van der Waals surface area contributed by atoms with Gasteiger partial charge in [0.15, 0.2) is 17.5 Å². The molecule has 10 amide bonds. The van der Waals surface area contributed by atoms with E-state index in [1.807, 2.05) is 136 Å². The molecule has 32 nitrogen and oxygen atoms in total. The van der Waals surface area contributed by atoms with Gasteiger partial charge in [-0.2, -0.15) is 23.5 Å². The van der Waals surface area contributed by atoms with Crippen LogP contribution in [-0.2, 0) is 96.3 Å². The van der Waals surface area contributed by atoms with Crippen LogP contribution in [-0.4, -0.2) is 304 Å². The third-order valence-electron chi connectivity index (χ3n) is 23.0. The lowest BCUT2D eigenvalue weighted by molar-refractivity contribution is -0.143. The Kier molecular flexibility index (Phi) is 46.8. The fourth-order valence-electron chi connectivity index (χ4n) is 15.9. The van der Waals surface area contributed by atoms with Crippen LogP contribution in [0.2, 0.25) is 0 Å². The number of Topliss-reactive ketones (excluding diaryl/α,β-unsaturated/α-hetero) is 2. The van der Waals surface area contributed by atoms with Crippen molar-refractivity contribution in [3.05, 3.63) is 215 Å². The standard InChI is InChI=1S/C50H67N11O6S.C49H65N9O6S.CH4/c1-3-24-58(34-45(63)55-23-28-68-2)48(66)35-60(27-20-40-31-57-44-14-7-6-13-43(40)44)46(64)18-17-41(62)33-59(25-9-22-56-50(51)52)49(67)36-61(47(65)32-54-30-37-10-8-21-53-29-37)26-19-39-16-15-38-11-4-5-12-42(38)39;1-3-24-55(34-45(60)53-23-28-65-2)48(63)35-57(27-20-40-31-54-44-14-7-6-13-43(40)44)46(61)18-17-41(59)33-56(25-9-21-50)49(64)36-58(47(62)32-52-30-37-10-8-22-51-29-37)26-19-39-16-15-38-11-4-5-12-42(38)39;/h4-8,10-14,16,21,29,31,54,57H,3,9,15,17-20,22-28,30,32-36H2,1-2H3,(H,55,63)(H4,51,52,56);4-8,10-14,16,22,29,31,52,54H,3,9,15,17-21,23-28,30,32-36,50H2,1-2H3,(H,53,60);1H4. The van der Waals surface area contributed by atoms with E-state index >= 15 is 0 Å². The molecule has 0 saturated carbocycles. The predicted molar refractivity (Wildman–Crippen MR) is 532 cm³/mol. The number of nitrogens with one attached hydrogen (secondary N) is 6. The van der Waals surface area contributed by atoms with Crippen LogP contribution in [0.25, 0.3) is 33.0 Å². The van der Waals surface area contributed by atoms with Gasteiger partial charge in [0.2, 0.25) is 59.1 Å². The van der Waals surface area contributed by atoms with Crippen molar-refractivity contribution in [1.29, 1.82) is 0 Å². The van der Waals surface area contributed by atoms with Crippen molar-refractivity contribution in [1.82, 2.24) is 80.4 Å². The van der Waals surface area contributed by atoms with Crippen molar-refractivity contribution >= 4 is 133 Å². The number of allylic oxidation sites excluding steroid dienone is 2. The number of carbonyl (C=O) groups excluding carboxylic acids is 12. The topological polar surface area (TPSA) is 427 Å². The number of benzene rings is 4. The van der Waals surface area contributed by atoms with Gasteiger partial charge in [0.05, 0.1) is 65.4 Å². The number of ketones is 2. The highest BCUT2D eigenvalue weighted by molar-refractivity contribution is 7.98. The second-order valence-electron chi connectivity index (χ2n) is 32.9. The van der Waals surface area contributed by atoms with Crippen LogP contribution in [0.3, 0.4) is 0 Å². The molecule has 0 aliphatic heterocycles. The molecule has 34 heteroatoms. The van der Waals surface area contributed by atoms with Crippen LogP contribution in [0.4, 0.5) is 0 Å². The first kappa shape index (κ1) is 107. The van der Waals surface area contributed by atoms with Crippen molar-refractivity contribution in [2.75, 3.05) is 168 Å². The maximum Gasteiger partial charge on any atom is 0.242 e. The van der Waals surface area contributed by atoms with Crippen LogP contribution >= 0.6 is 23.5 Å². The Balaban J connectivity index is 0.000000328. The molecule has 0 unspecified atom stereocenters. The van der Waals surface area contributed by atoms with Crippen molar-refractivity contribution in [3.8, 4) is 0 Å². The van der Waals surface area contributed by atoms with Gasteiger partial charge in [0.1, 0.15) is 0 Å². The molecule has 4 aromatic heterocycles. The van der Waals surface area contributed by atoms with Gasteiger partial charge < -0.3 is 87.6 Å². The molecule has 0 radical (unpaired) electrons. The minimum absolute atomic E-state index is 0. The number of rotatable bonds is 59. The first-order valence-corrected chi connectivity index (χ1v) is 48.7. The Morgan fingerprint density at radius 3 is 1.20 bits per heavy atom. The van der Waals surface area contributed by atoms with Crippen molar-refractivity contribution in [2.24, 2.45) is 22.2 Å². The summed E-state index contributed by atoms with van der Waals surface area (Å²) in [5.74, 6) is -2.72. The molecule has 720 valence electrons. The Bertz CT molecular complexity index is 5240. The maximum absolute atomic E-state index is 14.2. The number of aromatic amines is 2. The number of amides is 10. The number of aliphatic imine (C=N–C) groups is 1. The summed E-state index contributed by atoms with van der Waals surface area (Å²) in [6.07, 6.45) is 23.7. The molecule has 0 fully saturated rings. The largest absolute Gasteiger partial charge is 0.370 e. The summed E-state index contributed by atoms with van der Waals surface area (Å²) in [6.45, 7) is 6.28. The number of nitrogens with two attached hydrogens (primary N) is 3. The second kappa shape index (κ2) is 58.6. The zero-order valence-corrected chi connectivity index (χ0v) is 78.9. The molecule has 8 aromatic rings. The number of H-pyrrole nitrogens is 2. The number of aromatic nitrogens is 4. The molecule has 0 spiro atoms. The lowest BCUT2D eigenvalue weighted by Crippen LogP contribution is -2.48. The minimum Gasteiger partial charge on any atom is -0.370 e. The van der Waals surface area contributed by atoms with Crippen LogP contribution in [0.15, 0.2) is 176 Å². The Morgan fingerprint density at radius 1 is 0.425 bits per heavy atom. The first-order valence-electron chi connectivity index (χ1n) is 45.9. The average molecular weight is 1870 g/mol. The van der Waals surface area contributed by atoms with E-state index in [2.05, 4.69) is 82.6 Å². The summed E-state index contributed by atoms with van der Waals surface area (Å²) >= 11 is 3.21. The summed E-state index contributed by atoms with van der Waals surface area (Å²) in [5, 5.41) is 14.1. The van der Waals surface area contributed by atoms with E-state index in [1.54, 1.807) is 53.2 Å². The fourth-order valence-corrected chi connectivity index (χ4v) is 16.5. The van der Waals surface area contributed by atoms with Crippen molar-refractivity contribution in [3.63, 3.8) is 0 Å². The van der Waals surface area contributed by atoms with Gasteiger partial charge in [-0.1, -0.05) is 130 Å². The van der Waals surface area contributed by atoms with E-state index in [9.17, 15) is 57.5 Å². The smallest absolute Gasteiger partial charge is 0.242 e. The number of hydrogen-bond acceptors (Lipinski definition) is 20. The number of carbonyl (C=O) groups is 12. The number of guanidine groups is 1. The quantitative estimate of drug-likeness (QED) is 0.0101. The van der Waals surface area contributed by atoms with Gasteiger partial charge in [0, 0.05) is 181 Å². The monoisotopic (exact) mass is 1870 g/mol. The molecular weight excluding hydrogens is 1740 g/mol. The first-order chi connectivity index (χ1) is 64.5. The third kappa shape index (κ3) is 35.9. The second-order valence-corrected chi connectivity index (χ2v) is 34.9. The highest BCUT2D eigenvalue weighted by Crippen LogP contribution is 2.32. The van der Waals surface area contributed by atoms with E-state index in [0.29, 0.717) is 104 Å². The van der Waals surface area contributed by atoms with Crippen LogP contribution in [0.1, 0.15) is 130 Å². The molecule has 2 aliphatic rings. The number of hydrogen-bond donors (Lipinski definition) is 9. The summed E-state index contributed by atoms with van der Waals surface area (Å²) in [4.78, 5) is 195. The molecule has 0 saturated heterocycles. The molecule has 12 N–H and O–H groups in total. The molecule has 0 atom stereocenters. The van der Waals surface area contributed by atoms with Gasteiger partial charge in [-0.15, -0.1) is 0 Å². The van der Waals surface area contributed by atoms with Crippen LogP contribution in [0.5, 0.6) is 0 Å². The van der Waals surface area contributed by atoms with E-state index in [0.717, 1.165) is 90.7 Å². The Labute approximate surface area is 796 Å². The van der Waals surface area contributed by atoms with Crippen LogP contribution < -0.4 is 38.5 Å². The SMILES string of the molecule is C.CCCN(CC(=O)NCCSC)C(=O)CN(CCc1c[nH]c2ccccc12)C(=O)CCC(=O)CN(CCCN)C(=O)CN(CCC1=CCc2ccccc21)C(=O)CNCc1cccnc1.CCCN(CC(=O)NCCSC)C(=O)CN(CCc1c[nH]c2ccccc12)C(=O)CCC(=O)CN(CCCN=C(N)N)C(=O)CN(CCC1=CCc2ccccc21)C(=O)CNCc1cccnc1. The van der Waals surface area contributed by atoms with Crippen molar-refractivity contribution in [2.45, 2.75) is 124 Å². The summed E-state index contributed by atoms with van der Waals surface area (Å²) in [7, 11) is 0. The summed E-state index contributed by atoms with van der Waals surface area (Å²) in [5.41, 5.74) is 29.6. The van der Waals surface area contributed by atoms with Crippen LogP contribution in [0, 0.1) is 0 Å². The highest BCUT2D eigenvalue weighted by atomic mass is 32.2. The number of thioether (sulfide) groups is 2. The van der Waals surface area contributed by atoms with E-state index in [1.165, 1.54) is 45.4 Å². The highest BCUT2D eigenvalue weighted by Gasteiger charge is 2.31. The number of pyridine rings is 2. The Morgan fingerprint density at radius 2 is 0.806 bits per heavy atom. The van der Waals surface area contributed by atoms with Gasteiger partial charge in [0.25, 0.3) is 0 Å². The zero-order chi connectivity index (χ0) is 95.1. The van der Waals surface area contributed by atoms with Gasteiger partial charge in [-0.25, -0.2) is 0 Å². The maximum atomic E-state index is 14.2. The molecule has 2 aliphatic carbocycles. The summed E-state index contributed by atoms with van der Waals surface area (Å²) in [6, 6.07) is 39.4. The zero-order valence-electron chi connectivity index (χ0n) is 77.3. The van der Waals surface area contributed by atoms with Gasteiger partial charge in [-0.3, -0.25) is 72.5 Å². The number of nitrogens with zero attached hydrogens (tertiary/aromatic N) is 11. The Hall–Kier alpha value is -12.4. The minimum atomic E-state index is -0.435. The summed E-state index contributed by atoms with van der Waals surface area (Å²) < 4.78 is 0. The van der Waals surface area contributed by atoms with Gasteiger partial charge >= 0.3 is 0 Å². The normalized spacial score (nSPS) is 11.6. The van der Waals surface area contributed by atoms with E-state index in [4.69, 9.17) is 17.2 Å². The number of fused-ring (bicyclic) bond motifs is 4.